The summed E-state index contributed by atoms with van der Waals surface area (Å²) >= 11 is 0. The van der Waals surface area contributed by atoms with Crippen molar-refractivity contribution in [2.75, 3.05) is 32.7 Å². The number of rotatable bonds is 9. The molecule has 0 bridgehead atoms. The second kappa shape index (κ2) is 10.0. The van der Waals surface area contributed by atoms with Crippen molar-refractivity contribution in [1.82, 2.24) is 24.9 Å². The van der Waals surface area contributed by atoms with Crippen molar-refractivity contribution in [2.45, 2.75) is 32.4 Å². The Bertz CT molecular complexity index is 747. The summed E-state index contributed by atoms with van der Waals surface area (Å²) in [6, 6.07) is 11.7. The summed E-state index contributed by atoms with van der Waals surface area (Å²) in [5.74, 6) is -0.0304. The highest BCUT2D eigenvalue weighted by Gasteiger charge is 2.32. The molecule has 0 saturated carbocycles. The lowest BCUT2D eigenvalue weighted by atomic mass is 10.1. The van der Waals surface area contributed by atoms with Gasteiger partial charge in [-0.3, -0.25) is 19.2 Å². The average molecular weight is 383 g/mol. The molecular formula is C21H29N5O2. The number of benzene rings is 1. The van der Waals surface area contributed by atoms with Gasteiger partial charge in [0.25, 0.3) is 0 Å². The molecule has 2 heterocycles. The fourth-order valence-electron chi connectivity index (χ4n) is 3.58. The second-order valence-electron chi connectivity index (χ2n) is 7.03. The first-order valence-electron chi connectivity index (χ1n) is 9.98. The van der Waals surface area contributed by atoms with Gasteiger partial charge >= 0.3 is 0 Å². The number of nitrogens with one attached hydrogen (secondary N) is 1. The molecule has 2 aromatic rings. The van der Waals surface area contributed by atoms with Crippen molar-refractivity contribution >= 4 is 11.8 Å². The van der Waals surface area contributed by atoms with E-state index in [9.17, 15) is 9.59 Å². The van der Waals surface area contributed by atoms with Gasteiger partial charge in [-0.15, -0.1) is 0 Å². The molecule has 7 nitrogen and oxygen atoms in total. The molecule has 7 heteroatoms. The molecule has 0 aliphatic carbocycles. The van der Waals surface area contributed by atoms with E-state index in [0.29, 0.717) is 26.2 Å². The summed E-state index contributed by atoms with van der Waals surface area (Å²) in [4.78, 5) is 29.3. The molecule has 1 fully saturated rings. The van der Waals surface area contributed by atoms with Crippen LogP contribution in [0.1, 0.15) is 18.9 Å². The molecule has 0 spiro atoms. The van der Waals surface area contributed by atoms with Crippen molar-refractivity contribution in [2.24, 2.45) is 0 Å². The lowest BCUT2D eigenvalue weighted by Gasteiger charge is -2.35. The number of carbonyl (C=O) groups is 2. The van der Waals surface area contributed by atoms with Crippen LogP contribution >= 0.6 is 0 Å². The van der Waals surface area contributed by atoms with E-state index in [1.807, 2.05) is 42.1 Å². The number of aromatic nitrogens is 2. The smallest absolute Gasteiger partial charge is 0.237 e. The summed E-state index contributed by atoms with van der Waals surface area (Å²) in [6.07, 6.45) is 4.70. The van der Waals surface area contributed by atoms with E-state index >= 15 is 0 Å². The summed E-state index contributed by atoms with van der Waals surface area (Å²) in [5, 5.41) is 7.09. The third-order valence-corrected chi connectivity index (χ3v) is 5.23. The van der Waals surface area contributed by atoms with Gasteiger partial charge in [0.05, 0.1) is 19.0 Å². The first kappa shape index (κ1) is 20.1. The van der Waals surface area contributed by atoms with Crippen LogP contribution in [0.3, 0.4) is 0 Å². The molecule has 0 radical (unpaired) electrons. The molecule has 28 heavy (non-hydrogen) atoms. The van der Waals surface area contributed by atoms with Crippen LogP contribution in [-0.4, -0.2) is 70.2 Å². The van der Waals surface area contributed by atoms with Gasteiger partial charge in [0.1, 0.15) is 0 Å². The first-order chi connectivity index (χ1) is 13.7. The van der Waals surface area contributed by atoms with Gasteiger partial charge in [-0.2, -0.15) is 5.10 Å². The maximum absolute atomic E-state index is 12.9. The minimum atomic E-state index is -0.399. The van der Waals surface area contributed by atoms with Crippen LogP contribution in [0.15, 0.2) is 48.8 Å². The van der Waals surface area contributed by atoms with Crippen LogP contribution in [-0.2, 0) is 22.6 Å². The Hall–Kier alpha value is -2.67. The zero-order chi connectivity index (χ0) is 19.8. The SMILES string of the molecule is CCN(CCn1cccn1)C(=O)C[C@@H]1C(=O)NCCN1CCc1ccccc1. The standard InChI is InChI=1S/C21H29N5O2/c1-2-24(15-16-26-12-6-10-23-26)20(27)17-19-21(28)22-11-14-25(19)13-9-18-7-4-3-5-8-18/h3-8,10,12,19H,2,9,11,13-17H2,1H3,(H,22,28)/t19-/m1/s1. The minimum absolute atomic E-state index is 0.0152. The molecular weight excluding hydrogens is 354 g/mol. The Balaban J connectivity index is 1.57. The highest BCUT2D eigenvalue weighted by atomic mass is 16.2. The van der Waals surface area contributed by atoms with Crippen LogP contribution in [0.5, 0.6) is 0 Å². The molecule has 1 aromatic heterocycles. The molecule has 1 aliphatic heterocycles. The predicted molar refractivity (Wildman–Crippen MR) is 108 cm³/mol. The third-order valence-electron chi connectivity index (χ3n) is 5.23. The topological polar surface area (TPSA) is 70.5 Å². The first-order valence-corrected chi connectivity index (χ1v) is 9.98. The molecule has 3 rings (SSSR count). The monoisotopic (exact) mass is 383 g/mol. The summed E-state index contributed by atoms with van der Waals surface area (Å²) < 4.78 is 1.81. The molecule has 1 N–H and O–H groups in total. The number of amides is 2. The Kier molecular flexibility index (Phi) is 7.19. The van der Waals surface area contributed by atoms with Crippen molar-refractivity contribution in [1.29, 1.82) is 0 Å². The van der Waals surface area contributed by atoms with Gasteiger partial charge in [0.15, 0.2) is 0 Å². The van der Waals surface area contributed by atoms with Crippen LogP contribution in [0, 0.1) is 0 Å². The summed E-state index contributed by atoms with van der Waals surface area (Å²) in [7, 11) is 0. The van der Waals surface area contributed by atoms with Gasteiger partial charge < -0.3 is 10.2 Å². The third kappa shape index (κ3) is 5.42. The zero-order valence-electron chi connectivity index (χ0n) is 16.5. The van der Waals surface area contributed by atoms with E-state index in [4.69, 9.17) is 0 Å². The Morgan fingerprint density at radius 3 is 2.79 bits per heavy atom. The largest absolute Gasteiger partial charge is 0.353 e. The number of piperazine rings is 1. The van der Waals surface area contributed by atoms with E-state index in [1.54, 1.807) is 11.1 Å². The second-order valence-corrected chi connectivity index (χ2v) is 7.03. The normalized spacial score (nSPS) is 17.3. The van der Waals surface area contributed by atoms with Crippen molar-refractivity contribution in [3.05, 3.63) is 54.4 Å². The average Bonchev–Trinajstić information content (AvgIpc) is 3.23. The highest BCUT2D eigenvalue weighted by Crippen LogP contribution is 2.13. The fraction of sp³-hybridized carbons (Fsp3) is 0.476. The van der Waals surface area contributed by atoms with Crippen molar-refractivity contribution < 1.29 is 9.59 Å². The van der Waals surface area contributed by atoms with Crippen LogP contribution in [0.4, 0.5) is 0 Å². The lowest BCUT2D eigenvalue weighted by Crippen LogP contribution is -2.57. The van der Waals surface area contributed by atoms with E-state index in [0.717, 1.165) is 19.5 Å². The Labute approximate surface area is 166 Å². The maximum atomic E-state index is 12.9. The van der Waals surface area contributed by atoms with Gasteiger partial charge in [-0.05, 0) is 25.0 Å². The van der Waals surface area contributed by atoms with Crippen LogP contribution in [0.2, 0.25) is 0 Å². The van der Waals surface area contributed by atoms with E-state index < -0.39 is 6.04 Å². The maximum Gasteiger partial charge on any atom is 0.237 e. The summed E-state index contributed by atoms with van der Waals surface area (Å²) in [5.41, 5.74) is 1.24. The van der Waals surface area contributed by atoms with Crippen LogP contribution in [0.25, 0.3) is 0 Å². The molecule has 1 atom stereocenters. The quantitative estimate of drug-likeness (QED) is 0.706. The van der Waals surface area contributed by atoms with Gasteiger partial charge in [0.2, 0.25) is 11.8 Å². The lowest BCUT2D eigenvalue weighted by molar-refractivity contribution is -0.138. The van der Waals surface area contributed by atoms with Gasteiger partial charge in [-0.25, -0.2) is 0 Å². The predicted octanol–water partition coefficient (Wildman–Crippen LogP) is 1.16. The Morgan fingerprint density at radius 2 is 2.07 bits per heavy atom. The van der Waals surface area contributed by atoms with Crippen molar-refractivity contribution in [3.8, 4) is 0 Å². The zero-order valence-corrected chi connectivity index (χ0v) is 16.5. The number of nitrogens with zero attached hydrogens (tertiary/aromatic N) is 4. The number of hydrogen-bond donors (Lipinski definition) is 1. The highest BCUT2D eigenvalue weighted by molar-refractivity contribution is 5.88. The molecule has 2 amide bonds. The summed E-state index contributed by atoms with van der Waals surface area (Å²) in [6.45, 7) is 6.02. The van der Waals surface area contributed by atoms with Crippen LogP contribution < -0.4 is 5.32 Å². The number of hydrogen-bond acceptors (Lipinski definition) is 4. The number of likely N-dealkylation sites (N-methyl/N-ethyl adjacent to an activating group) is 1. The minimum Gasteiger partial charge on any atom is -0.353 e. The molecule has 1 saturated heterocycles. The fourth-order valence-corrected chi connectivity index (χ4v) is 3.58. The molecule has 1 aliphatic rings. The van der Waals surface area contributed by atoms with E-state index in [2.05, 4.69) is 27.4 Å². The van der Waals surface area contributed by atoms with Crippen molar-refractivity contribution in [3.63, 3.8) is 0 Å². The van der Waals surface area contributed by atoms with E-state index in [1.165, 1.54) is 5.56 Å². The number of carbonyl (C=O) groups excluding carboxylic acids is 2. The van der Waals surface area contributed by atoms with E-state index in [-0.39, 0.29) is 18.2 Å². The molecule has 0 unspecified atom stereocenters. The molecule has 150 valence electrons. The van der Waals surface area contributed by atoms with Gasteiger partial charge in [-0.1, -0.05) is 30.3 Å². The Morgan fingerprint density at radius 1 is 1.25 bits per heavy atom. The van der Waals surface area contributed by atoms with Gasteiger partial charge in [0, 0.05) is 45.1 Å². The molecule has 1 aromatic carbocycles.